The molecule has 0 saturated carbocycles. The summed E-state index contributed by atoms with van der Waals surface area (Å²) < 4.78 is 1.02. The first-order valence-electron chi connectivity index (χ1n) is 6.01. The molecule has 0 radical (unpaired) electrons. The molecule has 0 atom stereocenters. The maximum absolute atomic E-state index is 5.54. The predicted octanol–water partition coefficient (Wildman–Crippen LogP) is 3.33. The third-order valence-electron chi connectivity index (χ3n) is 2.77. The molecule has 0 saturated heterocycles. The van der Waals surface area contributed by atoms with E-state index in [2.05, 4.69) is 46.1 Å². The number of rotatable bonds is 6. The van der Waals surface area contributed by atoms with E-state index >= 15 is 0 Å². The number of pyridine rings is 1. The Morgan fingerprint density at radius 1 is 1.47 bits per heavy atom. The third kappa shape index (κ3) is 5.04. The molecule has 3 nitrogen and oxygen atoms in total. The van der Waals surface area contributed by atoms with E-state index in [9.17, 15) is 0 Å². The average Bonchev–Trinajstić information content (AvgIpc) is 2.25. The van der Waals surface area contributed by atoms with E-state index in [0.29, 0.717) is 0 Å². The lowest BCUT2D eigenvalue weighted by molar-refractivity contribution is 0.350. The Kier molecular flexibility index (Phi) is 5.40. The largest absolute Gasteiger partial charge is 0.369 e. The Hall–Kier alpha value is -0.610. The molecule has 1 rings (SSSR count). The Labute approximate surface area is 112 Å². The summed E-state index contributed by atoms with van der Waals surface area (Å²) in [6.07, 6.45) is 4.07. The van der Waals surface area contributed by atoms with Crippen molar-refractivity contribution in [3.05, 3.63) is 22.3 Å². The normalized spacial score (nSPS) is 11.6. The van der Waals surface area contributed by atoms with Crippen molar-refractivity contribution < 1.29 is 0 Å². The molecular weight excluding hydrogens is 278 g/mol. The fourth-order valence-corrected chi connectivity index (χ4v) is 2.26. The molecule has 3 N–H and O–H groups in total. The van der Waals surface area contributed by atoms with Crippen LogP contribution in [0.3, 0.4) is 0 Å². The topological polar surface area (TPSA) is 50.9 Å². The van der Waals surface area contributed by atoms with Gasteiger partial charge in [-0.05, 0) is 59.3 Å². The van der Waals surface area contributed by atoms with Crippen LogP contribution in [-0.4, -0.2) is 18.1 Å². The first kappa shape index (κ1) is 14.5. The van der Waals surface area contributed by atoms with Crippen molar-refractivity contribution in [3.63, 3.8) is 0 Å². The number of nitrogens with two attached hydrogens (primary N) is 1. The summed E-state index contributed by atoms with van der Waals surface area (Å²) in [6.45, 7) is 8.19. The first-order chi connectivity index (χ1) is 7.94. The Bertz CT molecular complexity index is 364. The van der Waals surface area contributed by atoms with Crippen LogP contribution in [0.25, 0.3) is 0 Å². The molecule has 0 fully saturated rings. The molecule has 1 aromatic heterocycles. The van der Waals surface area contributed by atoms with E-state index in [0.717, 1.165) is 41.8 Å². The van der Waals surface area contributed by atoms with Crippen LogP contribution < -0.4 is 11.1 Å². The van der Waals surface area contributed by atoms with Crippen LogP contribution in [0.1, 0.15) is 32.3 Å². The fourth-order valence-electron chi connectivity index (χ4n) is 1.66. The minimum atomic E-state index is 0.241. The quantitative estimate of drug-likeness (QED) is 0.847. The number of hydrogen-bond donors (Lipinski definition) is 2. The molecule has 1 heterocycles. The van der Waals surface area contributed by atoms with Crippen molar-refractivity contribution in [1.29, 1.82) is 0 Å². The van der Waals surface area contributed by atoms with Crippen molar-refractivity contribution in [2.45, 2.75) is 33.6 Å². The van der Waals surface area contributed by atoms with Gasteiger partial charge in [0.05, 0.1) is 4.47 Å². The van der Waals surface area contributed by atoms with Gasteiger partial charge in [-0.2, -0.15) is 0 Å². The van der Waals surface area contributed by atoms with Crippen LogP contribution in [0.5, 0.6) is 0 Å². The van der Waals surface area contributed by atoms with Crippen molar-refractivity contribution in [1.82, 2.24) is 4.98 Å². The maximum Gasteiger partial charge on any atom is 0.140 e. The van der Waals surface area contributed by atoms with Gasteiger partial charge in [0.15, 0.2) is 0 Å². The Morgan fingerprint density at radius 2 is 2.18 bits per heavy atom. The van der Waals surface area contributed by atoms with Gasteiger partial charge in [0, 0.05) is 12.7 Å². The second-order valence-electron chi connectivity index (χ2n) is 5.25. The van der Waals surface area contributed by atoms with Gasteiger partial charge in [0.25, 0.3) is 0 Å². The molecule has 17 heavy (non-hydrogen) atoms. The third-order valence-corrected chi connectivity index (χ3v) is 3.37. The van der Waals surface area contributed by atoms with Crippen LogP contribution in [0.4, 0.5) is 5.82 Å². The molecule has 0 aliphatic rings. The van der Waals surface area contributed by atoms with Crippen molar-refractivity contribution in [2.24, 2.45) is 11.1 Å². The van der Waals surface area contributed by atoms with E-state index in [4.69, 9.17) is 5.73 Å². The summed E-state index contributed by atoms with van der Waals surface area (Å²) in [5, 5.41) is 3.39. The summed E-state index contributed by atoms with van der Waals surface area (Å²) in [6, 6.07) is 2.07. The maximum atomic E-state index is 5.54. The molecule has 0 unspecified atom stereocenters. The molecule has 0 spiro atoms. The monoisotopic (exact) mass is 299 g/mol. The highest BCUT2D eigenvalue weighted by atomic mass is 79.9. The lowest BCUT2D eigenvalue weighted by Crippen LogP contribution is -2.24. The molecule has 96 valence electrons. The predicted molar refractivity (Wildman–Crippen MR) is 77.2 cm³/mol. The zero-order chi connectivity index (χ0) is 12.9. The second kappa shape index (κ2) is 6.36. The van der Waals surface area contributed by atoms with Gasteiger partial charge < -0.3 is 11.1 Å². The SMILES string of the molecule is Cc1cnc(NCC(C)(C)CCCN)c(Br)c1. The molecule has 1 aromatic rings. The smallest absolute Gasteiger partial charge is 0.140 e. The van der Waals surface area contributed by atoms with Crippen LogP contribution in [-0.2, 0) is 0 Å². The number of halogens is 1. The highest BCUT2D eigenvalue weighted by Gasteiger charge is 2.17. The Balaban J connectivity index is 2.54. The fraction of sp³-hybridized carbons (Fsp3) is 0.615. The molecule has 4 heteroatoms. The Morgan fingerprint density at radius 3 is 2.76 bits per heavy atom. The lowest BCUT2D eigenvalue weighted by atomic mass is 9.88. The lowest BCUT2D eigenvalue weighted by Gasteiger charge is -2.25. The van der Waals surface area contributed by atoms with Gasteiger partial charge in [0.1, 0.15) is 5.82 Å². The average molecular weight is 300 g/mol. The van der Waals surface area contributed by atoms with Gasteiger partial charge in [0.2, 0.25) is 0 Å². The standard InChI is InChI=1S/C13H22BrN3/c1-10-7-11(14)12(16-8-10)17-9-13(2,3)5-4-6-15/h7-8H,4-6,9,15H2,1-3H3,(H,16,17). The van der Waals surface area contributed by atoms with Gasteiger partial charge in [-0.3, -0.25) is 0 Å². The zero-order valence-corrected chi connectivity index (χ0v) is 12.5. The van der Waals surface area contributed by atoms with Crippen molar-refractivity contribution in [3.8, 4) is 0 Å². The molecule has 0 aliphatic carbocycles. The number of nitrogens with zero attached hydrogens (tertiary/aromatic N) is 1. The first-order valence-corrected chi connectivity index (χ1v) is 6.80. The summed E-state index contributed by atoms with van der Waals surface area (Å²) >= 11 is 3.52. The van der Waals surface area contributed by atoms with Crippen molar-refractivity contribution in [2.75, 3.05) is 18.4 Å². The van der Waals surface area contributed by atoms with E-state index in [-0.39, 0.29) is 5.41 Å². The number of nitrogens with one attached hydrogen (secondary N) is 1. The minimum Gasteiger partial charge on any atom is -0.369 e. The van der Waals surface area contributed by atoms with Gasteiger partial charge >= 0.3 is 0 Å². The number of anilines is 1. The number of hydrogen-bond acceptors (Lipinski definition) is 3. The van der Waals surface area contributed by atoms with Gasteiger partial charge in [-0.15, -0.1) is 0 Å². The van der Waals surface area contributed by atoms with Gasteiger partial charge in [-0.25, -0.2) is 4.98 Å². The van der Waals surface area contributed by atoms with Crippen LogP contribution >= 0.6 is 15.9 Å². The molecule has 0 amide bonds. The number of aromatic nitrogens is 1. The highest BCUT2D eigenvalue weighted by molar-refractivity contribution is 9.10. The highest BCUT2D eigenvalue weighted by Crippen LogP contribution is 2.25. The van der Waals surface area contributed by atoms with E-state index in [1.165, 1.54) is 0 Å². The summed E-state index contributed by atoms with van der Waals surface area (Å²) in [7, 11) is 0. The van der Waals surface area contributed by atoms with Crippen LogP contribution in [0, 0.1) is 12.3 Å². The van der Waals surface area contributed by atoms with Crippen LogP contribution in [0.2, 0.25) is 0 Å². The molecule has 0 aliphatic heterocycles. The summed E-state index contributed by atoms with van der Waals surface area (Å²) in [4.78, 5) is 4.38. The molecule has 0 aromatic carbocycles. The van der Waals surface area contributed by atoms with Gasteiger partial charge in [-0.1, -0.05) is 13.8 Å². The van der Waals surface area contributed by atoms with E-state index < -0.39 is 0 Å². The summed E-state index contributed by atoms with van der Waals surface area (Å²) in [5.41, 5.74) is 6.94. The molecular formula is C13H22BrN3. The van der Waals surface area contributed by atoms with E-state index in [1.54, 1.807) is 0 Å². The molecule has 0 bridgehead atoms. The minimum absolute atomic E-state index is 0.241. The summed E-state index contributed by atoms with van der Waals surface area (Å²) in [5.74, 6) is 0.913. The second-order valence-corrected chi connectivity index (χ2v) is 6.11. The zero-order valence-electron chi connectivity index (χ0n) is 10.9. The number of aryl methyl sites for hydroxylation is 1. The van der Waals surface area contributed by atoms with Crippen LogP contribution in [0.15, 0.2) is 16.7 Å². The van der Waals surface area contributed by atoms with E-state index in [1.807, 2.05) is 13.1 Å². The van der Waals surface area contributed by atoms with Crippen molar-refractivity contribution >= 4 is 21.7 Å².